The average molecular weight is 357 g/mol. The topological polar surface area (TPSA) is 82.5 Å². The number of benzene rings is 1. The highest BCUT2D eigenvalue weighted by molar-refractivity contribution is 8.26. The molecule has 0 aliphatic carbocycles. The second-order valence-corrected chi connectivity index (χ2v) is 6.46. The van der Waals surface area contributed by atoms with Gasteiger partial charge >= 0.3 is 0 Å². The van der Waals surface area contributed by atoms with Crippen molar-refractivity contribution < 1.29 is 14.7 Å². The molecule has 0 saturated carbocycles. The van der Waals surface area contributed by atoms with E-state index in [1.165, 1.54) is 36.7 Å². The molecule has 2 amide bonds. The van der Waals surface area contributed by atoms with E-state index in [2.05, 4.69) is 10.4 Å². The van der Waals surface area contributed by atoms with Crippen LogP contribution in [-0.2, 0) is 4.79 Å². The second kappa shape index (κ2) is 6.81. The molecule has 1 saturated heterocycles. The molecule has 24 heavy (non-hydrogen) atoms. The minimum Gasteiger partial charge on any atom is -0.508 e. The van der Waals surface area contributed by atoms with Crippen molar-refractivity contribution in [2.24, 2.45) is 0 Å². The number of phenolic OH excluding ortho intramolecular Hbond substituents is 1. The Morgan fingerprint density at radius 1 is 1.29 bits per heavy atom. The zero-order valence-electron chi connectivity index (χ0n) is 12.2. The van der Waals surface area contributed by atoms with Crippen LogP contribution in [0.2, 0.25) is 0 Å². The van der Waals surface area contributed by atoms with Gasteiger partial charge in [0.25, 0.3) is 11.8 Å². The van der Waals surface area contributed by atoms with Crippen LogP contribution >= 0.6 is 24.0 Å². The van der Waals surface area contributed by atoms with Gasteiger partial charge in [-0.1, -0.05) is 23.9 Å². The molecule has 1 aliphatic heterocycles. The van der Waals surface area contributed by atoms with Crippen molar-refractivity contribution in [2.45, 2.75) is 0 Å². The summed E-state index contributed by atoms with van der Waals surface area (Å²) in [5, 5.41) is 10.5. The predicted molar refractivity (Wildman–Crippen MR) is 94.8 cm³/mol. The first-order valence-corrected chi connectivity index (χ1v) is 8.05. The quantitative estimate of drug-likeness (QED) is 0.648. The fourth-order valence-electron chi connectivity index (χ4n) is 2.00. The standard InChI is InChI=1S/C16H11N3O3S2/c20-12-3-1-2-10(8-12)9-13-15(22)19(16(23)24-13)18-14(21)11-4-6-17-7-5-11/h1-9,20H,(H,18,21)/b13-9+. The van der Waals surface area contributed by atoms with E-state index in [4.69, 9.17) is 12.2 Å². The first kappa shape index (κ1) is 16.2. The van der Waals surface area contributed by atoms with Crippen LogP contribution in [0.25, 0.3) is 6.08 Å². The van der Waals surface area contributed by atoms with Crippen LogP contribution in [0.15, 0.2) is 53.7 Å². The van der Waals surface area contributed by atoms with Crippen molar-refractivity contribution in [1.29, 1.82) is 0 Å². The van der Waals surface area contributed by atoms with Gasteiger partial charge in [-0.05, 0) is 48.1 Å². The minimum atomic E-state index is -0.452. The SMILES string of the molecule is O=C(NN1C(=O)/C(=C\c2cccc(O)c2)SC1=S)c1ccncc1. The third-order valence-corrected chi connectivity index (χ3v) is 4.42. The van der Waals surface area contributed by atoms with Gasteiger partial charge in [0.05, 0.1) is 4.91 Å². The summed E-state index contributed by atoms with van der Waals surface area (Å²) in [5.41, 5.74) is 3.52. The third-order valence-electron chi connectivity index (χ3n) is 3.12. The lowest BCUT2D eigenvalue weighted by atomic mass is 10.2. The molecule has 1 aromatic heterocycles. The van der Waals surface area contributed by atoms with Gasteiger partial charge in [0, 0.05) is 18.0 Å². The molecule has 0 unspecified atom stereocenters. The molecule has 120 valence electrons. The molecule has 1 fully saturated rings. The molecule has 2 N–H and O–H groups in total. The van der Waals surface area contributed by atoms with Crippen LogP contribution < -0.4 is 5.43 Å². The first-order valence-electron chi connectivity index (χ1n) is 6.82. The Bertz CT molecular complexity index is 853. The Kier molecular flexibility index (Phi) is 4.59. The smallest absolute Gasteiger partial charge is 0.285 e. The maximum Gasteiger partial charge on any atom is 0.285 e. The van der Waals surface area contributed by atoms with Gasteiger partial charge in [-0.2, -0.15) is 5.01 Å². The summed E-state index contributed by atoms with van der Waals surface area (Å²) < 4.78 is 0.230. The molecule has 0 bridgehead atoms. The molecule has 1 aliphatic rings. The number of thiocarbonyl (C=S) groups is 1. The van der Waals surface area contributed by atoms with Crippen LogP contribution in [0, 0.1) is 0 Å². The van der Waals surface area contributed by atoms with Crippen molar-refractivity contribution in [2.75, 3.05) is 0 Å². The van der Waals surface area contributed by atoms with Crippen LogP contribution in [0.1, 0.15) is 15.9 Å². The Morgan fingerprint density at radius 3 is 2.75 bits per heavy atom. The molecule has 0 atom stereocenters. The third kappa shape index (κ3) is 3.44. The summed E-state index contributed by atoms with van der Waals surface area (Å²) in [6.07, 6.45) is 4.58. The number of hydrogen-bond acceptors (Lipinski definition) is 6. The molecular weight excluding hydrogens is 346 g/mol. The number of carbonyl (C=O) groups excluding carboxylic acids is 2. The fraction of sp³-hybridized carbons (Fsp3) is 0. The van der Waals surface area contributed by atoms with E-state index < -0.39 is 11.8 Å². The summed E-state index contributed by atoms with van der Waals surface area (Å²) in [4.78, 5) is 28.8. The van der Waals surface area contributed by atoms with Gasteiger partial charge in [0.15, 0.2) is 4.32 Å². The van der Waals surface area contributed by atoms with Gasteiger partial charge in [0.2, 0.25) is 0 Å². The van der Waals surface area contributed by atoms with E-state index >= 15 is 0 Å². The van der Waals surface area contributed by atoms with E-state index in [9.17, 15) is 14.7 Å². The number of nitrogens with zero attached hydrogens (tertiary/aromatic N) is 2. The van der Waals surface area contributed by atoms with Crippen molar-refractivity contribution in [3.05, 3.63) is 64.8 Å². The molecule has 0 spiro atoms. The Labute approximate surface area is 147 Å². The number of amides is 2. The fourth-order valence-corrected chi connectivity index (χ4v) is 3.18. The van der Waals surface area contributed by atoms with Gasteiger partial charge in [-0.3, -0.25) is 20.0 Å². The van der Waals surface area contributed by atoms with Crippen molar-refractivity contribution >= 4 is 46.2 Å². The van der Waals surface area contributed by atoms with Gasteiger partial charge in [-0.25, -0.2) is 0 Å². The number of hydrogen-bond donors (Lipinski definition) is 2. The molecule has 2 aromatic rings. The molecule has 8 heteroatoms. The van der Waals surface area contributed by atoms with Crippen LogP contribution in [-0.4, -0.2) is 31.2 Å². The predicted octanol–water partition coefficient (Wildman–Crippen LogP) is 2.33. The lowest BCUT2D eigenvalue weighted by Gasteiger charge is -2.15. The van der Waals surface area contributed by atoms with E-state index in [0.29, 0.717) is 16.0 Å². The number of aromatic hydroxyl groups is 1. The van der Waals surface area contributed by atoms with Crippen LogP contribution in [0.3, 0.4) is 0 Å². The maximum atomic E-state index is 12.4. The van der Waals surface area contributed by atoms with E-state index in [-0.39, 0.29) is 10.1 Å². The van der Waals surface area contributed by atoms with E-state index in [1.807, 2.05) is 0 Å². The lowest BCUT2D eigenvalue weighted by molar-refractivity contribution is -0.123. The normalized spacial score (nSPS) is 15.8. The van der Waals surface area contributed by atoms with E-state index in [1.54, 1.807) is 18.2 Å². The van der Waals surface area contributed by atoms with Gasteiger partial charge in [-0.15, -0.1) is 0 Å². The Morgan fingerprint density at radius 2 is 2.04 bits per heavy atom. The number of pyridine rings is 1. The minimum absolute atomic E-state index is 0.102. The monoisotopic (exact) mass is 357 g/mol. The Balaban J connectivity index is 1.78. The van der Waals surface area contributed by atoms with Crippen molar-refractivity contribution in [3.63, 3.8) is 0 Å². The van der Waals surface area contributed by atoms with E-state index in [0.717, 1.165) is 16.8 Å². The maximum absolute atomic E-state index is 12.4. The molecule has 2 heterocycles. The molecule has 0 radical (unpaired) electrons. The Hall–Kier alpha value is -2.71. The zero-order valence-corrected chi connectivity index (χ0v) is 13.8. The van der Waals surface area contributed by atoms with Crippen molar-refractivity contribution in [3.8, 4) is 5.75 Å². The highest BCUT2D eigenvalue weighted by Crippen LogP contribution is 2.31. The van der Waals surface area contributed by atoms with Crippen molar-refractivity contribution in [1.82, 2.24) is 15.4 Å². The van der Waals surface area contributed by atoms with Crippen LogP contribution in [0.4, 0.5) is 0 Å². The molecular formula is C16H11N3O3S2. The summed E-state index contributed by atoms with van der Waals surface area (Å²) in [6, 6.07) is 9.57. The summed E-state index contributed by atoms with van der Waals surface area (Å²) in [5.74, 6) is -0.770. The largest absolute Gasteiger partial charge is 0.508 e. The second-order valence-electron chi connectivity index (χ2n) is 4.79. The number of thioether (sulfide) groups is 1. The van der Waals surface area contributed by atoms with Crippen LogP contribution in [0.5, 0.6) is 5.75 Å². The molecule has 6 nitrogen and oxygen atoms in total. The summed E-state index contributed by atoms with van der Waals surface area (Å²) >= 11 is 6.24. The number of carbonyl (C=O) groups is 2. The zero-order chi connectivity index (χ0) is 17.1. The first-order chi connectivity index (χ1) is 11.5. The number of hydrazine groups is 1. The highest BCUT2D eigenvalue weighted by Gasteiger charge is 2.33. The average Bonchev–Trinajstić information content (AvgIpc) is 2.83. The number of rotatable bonds is 3. The number of nitrogens with one attached hydrogen (secondary N) is 1. The molecule has 3 rings (SSSR count). The van der Waals surface area contributed by atoms with Gasteiger partial charge < -0.3 is 5.11 Å². The number of aromatic nitrogens is 1. The number of phenols is 1. The lowest BCUT2D eigenvalue weighted by Crippen LogP contribution is -2.44. The summed E-state index contributed by atoms with van der Waals surface area (Å²) in [6.45, 7) is 0. The highest BCUT2D eigenvalue weighted by atomic mass is 32.2. The van der Waals surface area contributed by atoms with Gasteiger partial charge in [0.1, 0.15) is 5.75 Å². The molecule has 1 aromatic carbocycles. The summed E-state index contributed by atoms with van der Waals surface area (Å²) in [7, 11) is 0.